The average molecular weight is 679 g/mol. The Morgan fingerprint density at radius 2 is 1.44 bits per heavy atom. The van der Waals surface area contributed by atoms with Gasteiger partial charge in [-0.15, -0.1) is 0 Å². The van der Waals surface area contributed by atoms with Crippen LogP contribution >= 0.6 is 0 Å². The molecule has 0 saturated heterocycles. The van der Waals surface area contributed by atoms with Crippen molar-refractivity contribution in [1.29, 1.82) is 0 Å². The fraction of sp³-hybridized carbons (Fsp3) is 0.300. The number of carbonyl (C=O) groups is 4. The van der Waals surface area contributed by atoms with Crippen LogP contribution in [0.4, 0.5) is 10.5 Å². The van der Waals surface area contributed by atoms with Gasteiger partial charge in [0.05, 0.1) is 20.6 Å². The summed E-state index contributed by atoms with van der Waals surface area (Å²) in [6.45, 7) is 5.13. The van der Waals surface area contributed by atoms with Crippen LogP contribution in [0.15, 0.2) is 91.0 Å². The maximum Gasteiger partial charge on any atom is 0.407 e. The van der Waals surface area contributed by atoms with Gasteiger partial charge >= 0.3 is 12.1 Å². The van der Waals surface area contributed by atoms with Gasteiger partial charge in [0.25, 0.3) is 0 Å². The number of ether oxygens (including phenoxy) is 4. The predicted molar refractivity (Wildman–Crippen MR) is 190 cm³/mol. The number of benzene rings is 4. The second kappa shape index (κ2) is 15.7. The molecule has 10 heteroatoms. The molecule has 2 N–H and O–H groups in total. The summed E-state index contributed by atoms with van der Waals surface area (Å²) in [5.74, 6) is -0.437. The van der Waals surface area contributed by atoms with E-state index in [0.717, 1.165) is 27.8 Å². The molecule has 1 atom stereocenters. The van der Waals surface area contributed by atoms with E-state index in [-0.39, 0.29) is 24.7 Å². The van der Waals surface area contributed by atoms with E-state index >= 15 is 0 Å². The normalized spacial score (nSPS) is 12.6. The first-order chi connectivity index (χ1) is 24.0. The van der Waals surface area contributed by atoms with Crippen molar-refractivity contribution in [3.8, 4) is 22.6 Å². The van der Waals surface area contributed by atoms with E-state index < -0.39 is 36.0 Å². The van der Waals surface area contributed by atoms with Gasteiger partial charge in [-0.25, -0.2) is 9.59 Å². The number of rotatable bonds is 13. The SMILES string of the molecule is COc1ccc(CCC(=O)c2cccc(NC(=O)CC(NC(=O)OCC3c4ccccc4-c4ccccc43)C(=O)OC(C)(C)C)c2)cc1OC. The molecule has 1 aliphatic carbocycles. The molecule has 0 saturated carbocycles. The standard InChI is InChI=1S/C40H42N2O8/c1-40(2,3)50-38(45)33(42-39(46)49-24-32-30-15-8-6-13-28(30)29-14-7-9-16-31(29)32)23-37(44)41-27-12-10-11-26(22-27)34(43)19-17-25-18-20-35(47-4)36(21-25)48-5/h6-16,18,20-22,32-33H,17,19,23-24H2,1-5H3,(H,41,44)(H,42,46). The van der Waals surface area contributed by atoms with Crippen LogP contribution in [0.3, 0.4) is 0 Å². The minimum absolute atomic E-state index is 0.0416. The molecule has 0 radical (unpaired) electrons. The number of hydrogen-bond acceptors (Lipinski definition) is 8. The van der Waals surface area contributed by atoms with Gasteiger partial charge < -0.3 is 29.6 Å². The van der Waals surface area contributed by atoms with Gasteiger partial charge in [-0.1, -0.05) is 66.7 Å². The molecule has 260 valence electrons. The summed E-state index contributed by atoms with van der Waals surface area (Å²) in [5.41, 5.74) is 5.11. The molecule has 0 aliphatic heterocycles. The van der Waals surface area contributed by atoms with Gasteiger partial charge in [0.15, 0.2) is 17.3 Å². The Balaban J connectivity index is 1.20. The highest BCUT2D eigenvalue weighted by molar-refractivity contribution is 5.99. The number of fused-ring (bicyclic) bond motifs is 3. The summed E-state index contributed by atoms with van der Waals surface area (Å²) in [4.78, 5) is 52.5. The first-order valence-corrected chi connectivity index (χ1v) is 16.4. The van der Waals surface area contributed by atoms with Crippen LogP contribution in [0.25, 0.3) is 11.1 Å². The molecule has 0 aromatic heterocycles. The second-order valence-corrected chi connectivity index (χ2v) is 13.0. The summed E-state index contributed by atoms with van der Waals surface area (Å²) < 4.78 is 21.8. The maximum atomic E-state index is 13.2. The number of ketones is 1. The first-order valence-electron chi connectivity index (χ1n) is 16.4. The van der Waals surface area contributed by atoms with Crippen LogP contribution < -0.4 is 20.1 Å². The minimum atomic E-state index is -1.32. The molecule has 1 aliphatic rings. The number of hydrogen-bond donors (Lipinski definition) is 2. The van der Waals surface area contributed by atoms with Crippen LogP contribution in [0, 0.1) is 0 Å². The lowest BCUT2D eigenvalue weighted by Crippen LogP contribution is -2.46. The van der Waals surface area contributed by atoms with E-state index in [1.54, 1.807) is 65.3 Å². The molecule has 50 heavy (non-hydrogen) atoms. The van der Waals surface area contributed by atoms with E-state index in [9.17, 15) is 19.2 Å². The molecule has 0 spiro atoms. The zero-order chi connectivity index (χ0) is 35.8. The largest absolute Gasteiger partial charge is 0.493 e. The highest BCUT2D eigenvalue weighted by Crippen LogP contribution is 2.44. The number of nitrogens with one attached hydrogen (secondary N) is 2. The van der Waals surface area contributed by atoms with Gasteiger partial charge in [0, 0.05) is 23.6 Å². The van der Waals surface area contributed by atoms with Crippen molar-refractivity contribution in [3.05, 3.63) is 113 Å². The summed E-state index contributed by atoms with van der Waals surface area (Å²) in [6.07, 6.45) is -0.555. The molecule has 5 rings (SSSR count). The van der Waals surface area contributed by atoms with Crippen molar-refractivity contribution in [1.82, 2.24) is 5.32 Å². The van der Waals surface area contributed by atoms with Crippen molar-refractivity contribution in [2.24, 2.45) is 0 Å². The smallest absolute Gasteiger partial charge is 0.407 e. The van der Waals surface area contributed by atoms with Gasteiger partial charge in [0.2, 0.25) is 5.91 Å². The molecule has 2 amide bonds. The second-order valence-electron chi connectivity index (χ2n) is 13.0. The molecular weight excluding hydrogens is 636 g/mol. The Morgan fingerprint density at radius 1 is 0.780 bits per heavy atom. The fourth-order valence-corrected chi connectivity index (χ4v) is 5.95. The third-order valence-corrected chi connectivity index (χ3v) is 8.27. The van der Waals surface area contributed by atoms with Gasteiger partial charge in [-0.3, -0.25) is 9.59 Å². The first kappa shape index (κ1) is 35.7. The quantitative estimate of drug-likeness (QED) is 0.113. The Hall–Kier alpha value is -5.64. The lowest BCUT2D eigenvalue weighted by molar-refractivity contribution is -0.158. The number of anilines is 1. The topological polar surface area (TPSA) is 129 Å². The van der Waals surface area contributed by atoms with Crippen LogP contribution in [0.5, 0.6) is 11.5 Å². The number of alkyl carbamates (subject to hydrolysis) is 1. The van der Waals surface area contributed by atoms with E-state index in [4.69, 9.17) is 18.9 Å². The predicted octanol–water partition coefficient (Wildman–Crippen LogP) is 7.10. The van der Waals surface area contributed by atoms with Crippen molar-refractivity contribution in [2.75, 3.05) is 26.1 Å². The monoisotopic (exact) mass is 678 g/mol. The summed E-state index contributed by atoms with van der Waals surface area (Å²) >= 11 is 0. The lowest BCUT2D eigenvalue weighted by Gasteiger charge is -2.24. The zero-order valence-corrected chi connectivity index (χ0v) is 28.9. The molecule has 0 bridgehead atoms. The van der Waals surface area contributed by atoms with E-state index in [0.29, 0.717) is 29.2 Å². The number of amides is 2. The number of Topliss-reactive ketones (excluding diaryl/α,β-unsaturated/α-hetero) is 1. The van der Waals surface area contributed by atoms with Crippen LogP contribution in [-0.2, 0) is 25.5 Å². The van der Waals surface area contributed by atoms with E-state index in [1.165, 1.54) is 0 Å². The molecule has 0 heterocycles. The highest BCUT2D eigenvalue weighted by atomic mass is 16.6. The fourth-order valence-electron chi connectivity index (χ4n) is 5.95. The number of carbonyl (C=O) groups excluding carboxylic acids is 4. The molecule has 0 fully saturated rings. The molecule has 10 nitrogen and oxygen atoms in total. The van der Waals surface area contributed by atoms with E-state index in [1.807, 2.05) is 60.7 Å². The average Bonchev–Trinajstić information content (AvgIpc) is 3.42. The Kier molecular flexibility index (Phi) is 11.2. The van der Waals surface area contributed by atoms with Gasteiger partial charge in [-0.05, 0) is 79.3 Å². The maximum absolute atomic E-state index is 13.2. The number of methoxy groups -OCH3 is 2. The van der Waals surface area contributed by atoms with Gasteiger partial charge in [0.1, 0.15) is 18.2 Å². The third kappa shape index (κ3) is 8.87. The zero-order valence-electron chi connectivity index (χ0n) is 28.9. The Morgan fingerprint density at radius 3 is 2.08 bits per heavy atom. The number of aryl methyl sites for hydroxylation is 1. The van der Waals surface area contributed by atoms with Crippen LogP contribution in [0.2, 0.25) is 0 Å². The van der Waals surface area contributed by atoms with Crippen LogP contribution in [-0.4, -0.2) is 56.2 Å². The summed E-state index contributed by atoms with van der Waals surface area (Å²) in [7, 11) is 3.12. The summed E-state index contributed by atoms with van der Waals surface area (Å²) in [6, 6.07) is 26.7. The Bertz CT molecular complexity index is 1830. The van der Waals surface area contributed by atoms with E-state index in [2.05, 4.69) is 10.6 Å². The van der Waals surface area contributed by atoms with Crippen molar-refractivity contribution in [3.63, 3.8) is 0 Å². The van der Waals surface area contributed by atoms with Gasteiger partial charge in [-0.2, -0.15) is 0 Å². The van der Waals surface area contributed by atoms with Crippen molar-refractivity contribution >= 4 is 29.4 Å². The summed E-state index contributed by atoms with van der Waals surface area (Å²) in [5, 5.41) is 5.28. The lowest BCUT2D eigenvalue weighted by atomic mass is 9.98. The van der Waals surface area contributed by atoms with Crippen molar-refractivity contribution < 1.29 is 38.1 Å². The number of esters is 1. The molecular formula is C40H42N2O8. The Labute approximate surface area is 292 Å². The highest BCUT2D eigenvalue weighted by Gasteiger charge is 2.32. The minimum Gasteiger partial charge on any atom is -0.493 e. The molecule has 1 unspecified atom stereocenters. The molecule has 4 aromatic carbocycles. The van der Waals surface area contributed by atoms with Crippen molar-refractivity contribution in [2.45, 2.75) is 57.6 Å². The third-order valence-electron chi connectivity index (χ3n) is 8.27. The van der Waals surface area contributed by atoms with Crippen LogP contribution in [0.1, 0.15) is 66.6 Å². The molecule has 4 aromatic rings.